The summed E-state index contributed by atoms with van der Waals surface area (Å²) in [6.07, 6.45) is 2.54. The lowest BCUT2D eigenvalue weighted by atomic mass is 9.85. The maximum absolute atomic E-state index is 12.5. The van der Waals surface area contributed by atoms with E-state index >= 15 is 0 Å². The minimum atomic E-state index is 0.0482. The monoisotopic (exact) mass is 286 g/mol. The van der Waals surface area contributed by atoms with E-state index in [1.807, 2.05) is 12.1 Å². The Morgan fingerprint density at radius 2 is 2.19 bits per heavy atom. The molecule has 1 amide bonds. The second-order valence-corrected chi connectivity index (χ2v) is 6.69. The van der Waals surface area contributed by atoms with Gasteiger partial charge in [0, 0.05) is 30.6 Å². The molecule has 0 bridgehead atoms. The Hall–Kier alpha value is -1.55. The summed E-state index contributed by atoms with van der Waals surface area (Å²) in [5.74, 6) is 2.23. The summed E-state index contributed by atoms with van der Waals surface area (Å²) in [6.45, 7) is 2.32. The Balaban J connectivity index is 1.53. The van der Waals surface area contributed by atoms with Gasteiger partial charge in [0.15, 0.2) is 0 Å². The van der Waals surface area contributed by atoms with Crippen LogP contribution in [0.3, 0.4) is 0 Å². The van der Waals surface area contributed by atoms with Crippen molar-refractivity contribution in [2.45, 2.75) is 18.9 Å². The SMILES string of the molecule is CN1C[C@@H](C(=O)NCC2CC2)[C@@H]2COc3ccccc3[C@@H]21. The Morgan fingerprint density at radius 1 is 1.38 bits per heavy atom. The third-order valence-electron chi connectivity index (χ3n) is 5.15. The van der Waals surface area contributed by atoms with E-state index in [1.54, 1.807) is 0 Å². The van der Waals surface area contributed by atoms with Gasteiger partial charge in [0.1, 0.15) is 5.75 Å². The number of likely N-dealkylation sites (tertiary alicyclic amines) is 1. The van der Waals surface area contributed by atoms with Crippen molar-refractivity contribution in [1.29, 1.82) is 0 Å². The van der Waals surface area contributed by atoms with Gasteiger partial charge in [0.2, 0.25) is 5.91 Å². The normalized spacial score (nSPS) is 31.2. The molecule has 1 saturated carbocycles. The molecule has 2 aliphatic heterocycles. The second kappa shape index (κ2) is 5.02. The van der Waals surface area contributed by atoms with Crippen LogP contribution in [0.2, 0.25) is 0 Å². The number of amides is 1. The highest BCUT2D eigenvalue weighted by Gasteiger charge is 2.47. The van der Waals surface area contributed by atoms with E-state index in [-0.39, 0.29) is 17.7 Å². The molecule has 2 fully saturated rings. The van der Waals surface area contributed by atoms with E-state index in [1.165, 1.54) is 18.4 Å². The smallest absolute Gasteiger partial charge is 0.224 e. The fraction of sp³-hybridized carbons (Fsp3) is 0.588. The number of rotatable bonds is 3. The summed E-state index contributed by atoms with van der Waals surface area (Å²) in [7, 11) is 2.12. The fourth-order valence-corrected chi connectivity index (χ4v) is 3.80. The van der Waals surface area contributed by atoms with Crippen molar-refractivity contribution in [3.63, 3.8) is 0 Å². The third kappa shape index (κ3) is 2.31. The van der Waals surface area contributed by atoms with Crippen molar-refractivity contribution >= 4 is 5.91 Å². The van der Waals surface area contributed by atoms with Gasteiger partial charge in [-0.25, -0.2) is 0 Å². The number of hydrogen-bond acceptors (Lipinski definition) is 3. The van der Waals surface area contributed by atoms with Gasteiger partial charge < -0.3 is 10.1 Å². The largest absolute Gasteiger partial charge is 0.493 e. The summed E-state index contributed by atoms with van der Waals surface area (Å²) >= 11 is 0. The Kier molecular flexibility index (Phi) is 3.14. The number of fused-ring (bicyclic) bond motifs is 3. The van der Waals surface area contributed by atoms with Crippen molar-refractivity contribution in [2.24, 2.45) is 17.8 Å². The summed E-state index contributed by atoms with van der Waals surface area (Å²) in [5, 5.41) is 3.14. The van der Waals surface area contributed by atoms with Gasteiger partial charge in [-0.2, -0.15) is 0 Å². The molecule has 1 saturated heterocycles. The zero-order valence-corrected chi connectivity index (χ0v) is 12.4. The first-order valence-corrected chi connectivity index (χ1v) is 7.93. The van der Waals surface area contributed by atoms with Crippen LogP contribution in [0.5, 0.6) is 5.75 Å². The highest BCUT2D eigenvalue weighted by molar-refractivity contribution is 5.80. The summed E-state index contributed by atoms with van der Waals surface area (Å²) in [5.41, 5.74) is 1.23. The van der Waals surface area contributed by atoms with Crippen LogP contribution < -0.4 is 10.1 Å². The highest BCUT2D eigenvalue weighted by atomic mass is 16.5. The molecule has 4 heteroatoms. The van der Waals surface area contributed by atoms with Crippen molar-refractivity contribution in [1.82, 2.24) is 10.2 Å². The maximum atomic E-state index is 12.5. The Labute approximate surface area is 125 Å². The maximum Gasteiger partial charge on any atom is 0.224 e. The molecule has 1 N–H and O–H groups in total. The van der Waals surface area contributed by atoms with Crippen molar-refractivity contribution in [3.05, 3.63) is 29.8 Å². The molecule has 1 aliphatic carbocycles. The van der Waals surface area contributed by atoms with E-state index in [0.717, 1.165) is 24.8 Å². The van der Waals surface area contributed by atoms with Crippen molar-refractivity contribution in [3.8, 4) is 5.75 Å². The molecule has 3 aliphatic rings. The van der Waals surface area contributed by atoms with Gasteiger partial charge >= 0.3 is 0 Å². The molecule has 112 valence electrons. The van der Waals surface area contributed by atoms with Crippen LogP contribution in [0.25, 0.3) is 0 Å². The van der Waals surface area contributed by atoms with Crippen LogP contribution in [-0.4, -0.2) is 37.6 Å². The van der Waals surface area contributed by atoms with Crippen molar-refractivity contribution in [2.75, 3.05) is 26.7 Å². The van der Waals surface area contributed by atoms with E-state index < -0.39 is 0 Å². The van der Waals surface area contributed by atoms with E-state index in [2.05, 4.69) is 29.4 Å². The van der Waals surface area contributed by atoms with E-state index in [4.69, 9.17) is 4.74 Å². The van der Waals surface area contributed by atoms with Gasteiger partial charge in [-0.05, 0) is 31.9 Å². The molecule has 3 atom stereocenters. The molecule has 1 aromatic rings. The number of para-hydroxylation sites is 1. The van der Waals surface area contributed by atoms with Gasteiger partial charge in [0.25, 0.3) is 0 Å². The van der Waals surface area contributed by atoms with Crippen LogP contribution in [-0.2, 0) is 4.79 Å². The van der Waals surface area contributed by atoms with Gasteiger partial charge in [-0.15, -0.1) is 0 Å². The first kappa shape index (κ1) is 13.1. The lowest BCUT2D eigenvalue weighted by Gasteiger charge is -2.32. The number of nitrogens with one attached hydrogen (secondary N) is 1. The van der Waals surface area contributed by atoms with Crippen LogP contribution in [0.1, 0.15) is 24.4 Å². The van der Waals surface area contributed by atoms with Gasteiger partial charge in [0.05, 0.1) is 12.5 Å². The standard InChI is InChI=1S/C17H22N2O2/c1-19-9-13(17(20)18-8-11-6-7-11)14-10-21-15-5-3-2-4-12(15)16(14)19/h2-5,11,13-14,16H,6-10H2,1H3,(H,18,20)/t13-,14+,16+/m1/s1. The molecule has 2 heterocycles. The van der Waals surface area contributed by atoms with Gasteiger partial charge in [-0.3, -0.25) is 9.69 Å². The topological polar surface area (TPSA) is 41.6 Å². The van der Waals surface area contributed by atoms with Crippen LogP contribution >= 0.6 is 0 Å². The van der Waals surface area contributed by atoms with Crippen LogP contribution in [0.15, 0.2) is 24.3 Å². The lowest BCUT2D eigenvalue weighted by Crippen LogP contribution is -2.38. The predicted molar refractivity (Wildman–Crippen MR) is 80.0 cm³/mol. The minimum Gasteiger partial charge on any atom is -0.493 e. The van der Waals surface area contributed by atoms with Crippen LogP contribution in [0.4, 0.5) is 0 Å². The summed E-state index contributed by atoms with van der Waals surface area (Å²) < 4.78 is 5.90. The number of benzene rings is 1. The average Bonchev–Trinajstić information content (AvgIpc) is 3.27. The number of nitrogens with zero attached hydrogens (tertiary/aromatic N) is 1. The quantitative estimate of drug-likeness (QED) is 0.921. The Morgan fingerprint density at radius 3 is 3.00 bits per heavy atom. The molecule has 0 unspecified atom stereocenters. The Bertz CT molecular complexity index is 555. The average molecular weight is 286 g/mol. The van der Waals surface area contributed by atoms with E-state index in [9.17, 15) is 4.79 Å². The first-order chi connectivity index (χ1) is 10.2. The zero-order valence-electron chi connectivity index (χ0n) is 12.4. The van der Waals surface area contributed by atoms with E-state index in [0.29, 0.717) is 12.6 Å². The molecule has 0 aromatic heterocycles. The highest BCUT2D eigenvalue weighted by Crippen LogP contribution is 2.46. The molecule has 4 rings (SSSR count). The number of ether oxygens (including phenoxy) is 1. The molecule has 4 nitrogen and oxygen atoms in total. The number of hydrogen-bond donors (Lipinski definition) is 1. The first-order valence-electron chi connectivity index (χ1n) is 7.93. The zero-order chi connectivity index (χ0) is 14.4. The minimum absolute atomic E-state index is 0.0482. The summed E-state index contributed by atoms with van der Waals surface area (Å²) in [4.78, 5) is 14.8. The van der Waals surface area contributed by atoms with Gasteiger partial charge in [-0.1, -0.05) is 18.2 Å². The molecule has 1 aromatic carbocycles. The number of carbonyl (C=O) groups excluding carboxylic acids is 1. The van der Waals surface area contributed by atoms with Crippen LogP contribution in [0, 0.1) is 17.8 Å². The molecule has 0 radical (unpaired) electrons. The third-order valence-corrected chi connectivity index (χ3v) is 5.15. The summed E-state index contributed by atoms with van der Waals surface area (Å²) in [6, 6.07) is 8.53. The predicted octanol–water partition coefficient (Wildman–Crippen LogP) is 1.82. The molecular formula is C17H22N2O2. The molecular weight excluding hydrogens is 264 g/mol. The number of carbonyl (C=O) groups is 1. The molecule has 0 spiro atoms. The van der Waals surface area contributed by atoms with Crippen molar-refractivity contribution < 1.29 is 9.53 Å². The molecule has 21 heavy (non-hydrogen) atoms. The lowest BCUT2D eigenvalue weighted by molar-refractivity contribution is -0.126. The second-order valence-electron chi connectivity index (χ2n) is 6.69. The fourth-order valence-electron chi connectivity index (χ4n) is 3.80.